The second-order valence-electron chi connectivity index (χ2n) is 4.91. The zero-order chi connectivity index (χ0) is 16.5. The maximum Gasteiger partial charge on any atom is 0.341 e. The number of anilines is 1. The molecule has 1 N–H and O–H groups in total. The summed E-state index contributed by atoms with van der Waals surface area (Å²) in [5, 5.41) is 2.86. The number of methoxy groups -OCH3 is 1. The highest BCUT2D eigenvalue weighted by molar-refractivity contribution is 6.34. The fraction of sp³-hybridized carbons (Fsp3) is 0.500. The zero-order valence-electron chi connectivity index (χ0n) is 13.2. The zero-order valence-corrected chi connectivity index (χ0v) is 14.0. The fourth-order valence-electron chi connectivity index (χ4n) is 1.94. The lowest BCUT2D eigenvalue weighted by atomic mass is 10.1. The van der Waals surface area contributed by atoms with E-state index in [9.17, 15) is 9.59 Å². The average Bonchev–Trinajstić information content (AvgIpc) is 2.48. The molecule has 0 fully saturated rings. The molecule has 0 radical (unpaired) electrons. The molecular formula is C16H22ClNO4. The van der Waals surface area contributed by atoms with E-state index in [4.69, 9.17) is 21.1 Å². The van der Waals surface area contributed by atoms with Crippen LogP contribution in [0.1, 0.15) is 49.9 Å². The third-order valence-corrected chi connectivity index (χ3v) is 3.35. The van der Waals surface area contributed by atoms with Crippen LogP contribution in [0, 0.1) is 0 Å². The summed E-state index contributed by atoms with van der Waals surface area (Å²) in [5.74, 6) is -0.419. The lowest BCUT2D eigenvalue weighted by molar-refractivity contribution is -0.114. The van der Waals surface area contributed by atoms with Crippen LogP contribution in [-0.2, 0) is 9.53 Å². The van der Waals surface area contributed by atoms with Crippen LogP contribution in [-0.4, -0.2) is 25.6 Å². The van der Waals surface area contributed by atoms with Gasteiger partial charge in [-0.25, -0.2) is 4.79 Å². The van der Waals surface area contributed by atoms with Gasteiger partial charge in [-0.3, -0.25) is 4.79 Å². The molecule has 122 valence electrons. The number of hydrogen-bond donors (Lipinski definition) is 1. The summed E-state index contributed by atoms with van der Waals surface area (Å²) in [7, 11) is 1.29. The predicted octanol–water partition coefficient (Wildman–Crippen LogP) is 4.04. The van der Waals surface area contributed by atoms with Gasteiger partial charge in [0.05, 0.1) is 24.4 Å². The first-order valence-electron chi connectivity index (χ1n) is 7.31. The van der Waals surface area contributed by atoms with Gasteiger partial charge >= 0.3 is 5.97 Å². The van der Waals surface area contributed by atoms with Gasteiger partial charge in [-0.1, -0.05) is 37.8 Å². The molecule has 6 heteroatoms. The number of benzene rings is 1. The van der Waals surface area contributed by atoms with Gasteiger partial charge < -0.3 is 14.8 Å². The number of halogens is 1. The van der Waals surface area contributed by atoms with E-state index in [2.05, 4.69) is 12.2 Å². The summed E-state index contributed by atoms with van der Waals surface area (Å²) in [4.78, 5) is 23.0. The quantitative estimate of drug-likeness (QED) is 0.578. The minimum atomic E-state index is -0.528. The Morgan fingerprint density at radius 3 is 2.55 bits per heavy atom. The summed E-state index contributed by atoms with van der Waals surface area (Å²) in [6.45, 7) is 4.01. The lowest BCUT2D eigenvalue weighted by Gasteiger charge is -2.14. The molecule has 22 heavy (non-hydrogen) atoms. The van der Waals surface area contributed by atoms with Crippen molar-refractivity contribution in [3.8, 4) is 5.75 Å². The van der Waals surface area contributed by atoms with Crippen molar-refractivity contribution in [2.24, 2.45) is 0 Å². The number of carbonyl (C=O) groups excluding carboxylic acids is 2. The molecule has 1 aromatic carbocycles. The Kier molecular flexibility index (Phi) is 7.74. The highest BCUT2D eigenvalue weighted by Crippen LogP contribution is 2.31. The number of esters is 1. The third kappa shape index (κ3) is 5.56. The van der Waals surface area contributed by atoms with Gasteiger partial charge in [0.25, 0.3) is 0 Å². The Balaban J connectivity index is 2.93. The predicted molar refractivity (Wildman–Crippen MR) is 86.7 cm³/mol. The lowest BCUT2D eigenvalue weighted by Crippen LogP contribution is -2.10. The van der Waals surface area contributed by atoms with Gasteiger partial charge in [0.15, 0.2) is 0 Å². The van der Waals surface area contributed by atoms with Crippen LogP contribution in [0.5, 0.6) is 5.75 Å². The van der Waals surface area contributed by atoms with E-state index in [1.54, 1.807) is 6.07 Å². The Hall–Kier alpha value is -1.75. The molecular weight excluding hydrogens is 306 g/mol. The van der Waals surface area contributed by atoms with Crippen LogP contribution in [0.3, 0.4) is 0 Å². The van der Waals surface area contributed by atoms with Gasteiger partial charge in [-0.2, -0.15) is 0 Å². The van der Waals surface area contributed by atoms with Crippen molar-refractivity contribution < 1.29 is 19.1 Å². The van der Waals surface area contributed by atoms with Crippen LogP contribution in [0.4, 0.5) is 5.69 Å². The van der Waals surface area contributed by atoms with Crippen molar-refractivity contribution >= 4 is 29.2 Å². The van der Waals surface area contributed by atoms with Gasteiger partial charge in [0.2, 0.25) is 5.91 Å². The summed E-state index contributed by atoms with van der Waals surface area (Å²) in [5.41, 5.74) is 0.655. The van der Waals surface area contributed by atoms with E-state index < -0.39 is 5.97 Å². The standard InChI is InChI=1S/C16H22ClNO4/c1-4-5-6-7-8-22-15-10-14(18-11(2)19)13(17)9-12(15)16(20)21-3/h9-10H,4-8H2,1-3H3,(H,18,19). The molecule has 0 aliphatic heterocycles. The van der Waals surface area contributed by atoms with E-state index >= 15 is 0 Å². The van der Waals surface area contributed by atoms with Crippen molar-refractivity contribution in [3.63, 3.8) is 0 Å². The van der Waals surface area contributed by atoms with Crippen LogP contribution < -0.4 is 10.1 Å². The van der Waals surface area contributed by atoms with Crippen LogP contribution >= 0.6 is 11.6 Å². The minimum absolute atomic E-state index is 0.247. The van der Waals surface area contributed by atoms with Gasteiger partial charge in [-0.15, -0.1) is 0 Å². The molecule has 0 heterocycles. The molecule has 0 atom stereocenters. The number of hydrogen-bond acceptors (Lipinski definition) is 4. The van der Waals surface area contributed by atoms with Crippen molar-refractivity contribution in [1.29, 1.82) is 0 Å². The molecule has 1 amide bonds. The fourth-order valence-corrected chi connectivity index (χ4v) is 2.15. The van der Waals surface area contributed by atoms with E-state index in [1.165, 1.54) is 20.1 Å². The number of carbonyl (C=O) groups is 2. The third-order valence-electron chi connectivity index (χ3n) is 3.04. The minimum Gasteiger partial charge on any atom is -0.493 e. The molecule has 1 rings (SSSR count). The molecule has 1 aromatic rings. The molecule has 0 aliphatic carbocycles. The SMILES string of the molecule is CCCCCCOc1cc(NC(C)=O)c(Cl)cc1C(=O)OC. The van der Waals surface area contributed by atoms with E-state index in [0.29, 0.717) is 18.0 Å². The topological polar surface area (TPSA) is 64.6 Å². The second-order valence-corrected chi connectivity index (χ2v) is 5.32. The largest absolute Gasteiger partial charge is 0.493 e. The van der Waals surface area contributed by atoms with Gasteiger partial charge in [0, 0.05) is 13.0 Å². The van der Waals surface area contributed by atoms with E-state index in [1.807, 2.05) is 0 Å². The number of rotatable bonds is 8. The summed E-state index contributed by atoms with van der Waals surface area (Å²) < 4.78 is 10.4. The maximum atomic E-state index is 11.8. The van der Waals surface area contributed by atoms with Crippen LogP contribution in [0.25, 0.3) is 0 Å². The van der Waals surface area contributed by atoms with Crippen molar-refractivity contribution in [1.82, 2.24) is 0 Å². The Bertz CT molecular complexity index is 531. The highest BCUT2D eigenvalue weighted by atomic mass is 35.5. The highest BCUT2D eigenvalue weighted by Gasteiger charge is 2.17. The van der Waals surface area contributed by atoms with Gasteiger partial charge in [0.1, 0.15) is 11.3 Å². The van der Waals surface area contributed by atoms with Crippen molar-refractivity contribution in [3.05, 3.63) is 22.7 Å². The molecule has 0 saturated heterocycles. The maximum absolute atomic E-state index is 11.8. The average molecular weight is 328 g/mol. The molecule has 0 aromatic heterocycles. The Morgan fingerprint density at radius 2 is 1.95 bits per heavy atom. The summed E-state index contributed by atoms with van der Waals surface area (Å²) in [6, 6.07) is 3.00. The normalized spacial score (nSPS) is 10.2. The first-order chi connectivity index (χ1) is 10.5. The number of unbranched alkanes of at least 4 members (excludes halogenated alkanes) is 3. The van der Waals surface area contributed by atoms with Crippen molar-refractivity contribution in [2.45, 2.75) is 39.5 Å². The monoisotopic (exact) mass is 327 g/mol. The molecule has 0 unspecified atom stereocenters. The molecule has 0 aliphatic rings. The number of nitrogens with one attached hydrogen (secondary N) is 1. The number of ether oxygens (including phenoxy) is 2. The first-order valence-corrected chi connectivity index (χ1v) is 7.69. The molecule has 5 nitrogen and oxygen atoms in total. The summed E-state index contributed by atoms with van der Waals surface area (Å²) >= 11 is 6.07. The molecule has 0 spiro atoms. The van der Waals surface area contributed by atoms with Crippen LogP contribution in [0.15, 0.2) is 12.1 Å². The van der Waals surface area contributed by atoms with E-state index in [0.717, 1.165) is 25.7 Å². The van der Waals surface area contributed by atoms with Crippen molar-refractivity contribution in [2.75, 3.05) is 19.0 Å². The van der Waals surface area contributed by atoms with Gasteiger partial charge in [-0.05, 0) is 12.5 Å². The Labute approximate surface area is 135 Å². The smallest absolute Gasteiger partial charge is 0.341 e. The second kappa shape index (κ2) is 9.30. The van der Waals surface area contributed by atoms with Crippen LogP contribution in [0.2, 0.25) is 5.02 Å². The molecule has 0 saturated carbocycles. The Morgan fingerprint density at radius 1 is 1.23 bits per heavy atom. The molecule has 0 bridgehead atoms. The summed E-state index contributed by atoms with van der Waals surface area (Å²) in [6.07, 6.45) is 4.24. The van der Waals surface area contributed by atoms with E-state index in [-0.39, 0.29) is 16.5 Å². The number of amides is 1. The first kappa shape index (κ1) is 18.3.